The van der Waals surface area contributed by atoms with Gasteiger partial charge in [-0.15, -0.1) is 0 Å². The number of benzene rings is 1. The molecule has 1 fully saturated rings. The monoisotopic (exact) mass is 248 g/mol. The average Bonchev–Trinajstić information content (AvgIpc) is 3.06. The molecule has 0 spiro atoms. The van der Waals surface area contributed by atoms with Crippen LogP contribution in [-0.2, 0) is 0 Å². The summed E-state index contributed by atoms with van der Waals surface area (Å²) >= 11 is 1.70. The topological polar surface area (TPSA) is 38.1 Å². The molecule has 1 N–H and O–H groups in total. The number of para-hydroxylation sites is 2. The fourth-order valence-electron chi connectivity index (χ4n) is 1.74. The lowest BCUT2D eigenvalue weighted by Crippen LogP contribution is -2.24. The zero-order chi connectivity index (χ0) is 11.7. The van der Waals surface area contributed by atoms with Gasteiger partial charge in [0.05, 0.1) is 0 Å². The molecule has 17 heavy (non-hydrogen) atoms. The van der Waals surface area contributed by atoms with Crippen molar-refractivity contribution in [3.05, 3.63) is 24.3 Å². The van der Waals surface area contributed by atoms with Crippen LogP contribution in [0.25, 0.3) is 11.1 Å². The van der Waals surface area contributed by atoms with Gasteiger partial charge in [0.25, 0.3) is 5.22 Å². The Morgan fingerprint density at radius 3 is 3.06 bits per heavy atom. The molecule has 3 rings (SSSR count). The lowest BCUT2D eigenvalue weighted by atomic mass is 10.3. The predicted molar refractivity (Wildman–Crippen MR) is 70.4 cm³/mol. The van der Waals surface area contributed by atoms with Crippen molar-refractivity contribution in [3.63, 3.8) is 0 Å². The summed E-state index contributed by atoms with van der Waals surface area (Å²) in [4.78, 5) is 4.46. The van der Waals surface area contributed by atoms with E-state index >= 15 is 0 Å². The third-order valence-electron chi connectivity index (χ3n) is 2.85. The largest absolute Gasteiger partial charge is 0.431 e. The van der Waals surface area contributed by atoms with Gasteiger partial charge in [-0.25, -0.2) is 4.98 Å². The van der Waals surface area contributed by atoms with Crippen LogP contribution >= 0.6 is 11.8 Å². The highest BCUT2D eigenvalue weighted by molar-refractivity contribution is 7.99. The van der Waals surface area contributed by atoms with Crippen molar-refractivity contribution in [2.75, 3.05) is 6.54 Å². The van der Waals surface area contributed by atoms with Gasteiger partial charge < -0.3 is 9.73 Å². The van der Waals surface area contributed by atoms with Crippen LogP contribution in [0, 0.1) is 0 Å². The van der Waals surface area contributed by atoms with Crippen molar-refractivity contribution in [2.45, 2.75) is 36.3 Å². The van der Waals surface area contributed by atoms with Crippen molar-refractivity contribution >= 4 is 22.9 Å². The van der Waals surface area contributed by atoms with E-state index in [0.29, 0.717) is 5.25 Å². The van der Waals surface area contributed by atoms with Crippen LogP contribution in [0.1, 0.15) is 19.8 Å². The molecule has 1 aromatic carbocycles. The summed E-state index contributed by atoms with van der Waals surface area (Å²) in [5.74, 6) is 0. The SMILES string of the molecule is CC(CNC1CC1)Sc1nc2ccccc2o1. The molecule has 0 bridgehead atoms. The van der Waals surface area contributed by atoms with Crippen LogP contribution < -0.4 is 5.32 Å². The van der Waals surface area contributed by atoms with Crippen molar-refractivity contribution in [2.24, 2.45) is 0 Å². The van der Waals surface area contributed by atoms with Crippen LogP contribution in [0.4, 0.5) is 0 Å². The van der Waals surface area contributed by atoms with Gasteiger partial charge >= 0.3 is 0 Å². The van der Waals surface area contributed by atoms with Crippen molar-refractivity contribution < 1.29 is 4.42 Å². The third kappa shape index (κ3) is 2.82. The number of thioether (sulfide) groups is 1. The number of nitrogens with one attached hydrogen (secondary N) is 1. The lowest BCUT2D eigenvalue weighted by molar-refractivity contribution is 0.487. The molecule has 4 heteroatoms. The first kappa shape index (κ1) is 11.1. The normalized spacial score (nSPS) is 17.5. The molecule has 3 nitrogen and oxygen atoms in total. The molecule has 90 valence electrons. The standard InChI is InChI=1S/C13H16N2OS/c1-9(8-14-10-6-7-10)17-13-15-11-4-2-3-5-12(11)16-13/h2-5,9-10,14H,6-8H2,1H3. The fraction of sp³-hybridized carbons (Fsp3) is 0.462. The summed E-state index contributed by atoms with van der Waals surface area (Å²) in [6.45, 7) is 3.23. The van der Waals surface area contributed by atoms with Crippen LogP contribution in [0.5, 0.6) is 0 Å². The predicted octanol–water partition coefficient (Wildman–Crippen LogP) is 3.06. The van der Waals surface area contributed by atoms with E-state index in [2.05, 4.69) is 17.2 Å². The minimum Gasteiger partial charge on any atom is -0.431 e. The van der Waals surface area contributed by atoms with Gasteiger partial charge in [-0.1, -0.05) is 30.8 Å². The number of hydrogen-bond acceptors (Lipinski definition) is 4. The van der Waals surface area contributed by atoms with Crippen LogP contribution in [0.3, 0.4) is 0 Å². The number of oxazole rings is 1. The maximum absolute atomic E-state index is 5.69. The molecule has 2 aromatic rings. The number of fused-ring (bicyclic) bond motifs is 1. The van der Waals surface area contributed by atoms with E-state index in [0.717, 1.165) is 28.9 Å². The molecule has 1 heterocycles. The maximum Gasteiger partial charge on any atom is 0.257 e. The first-order valence-electron chi connectivity index (χ1n) is 6.07. The molecule has 0 aliphatic heterocycles. The molecule has 1 aliphatic carbocycles. The summed E-state index contributed by atoms with van der Waals surface area (Å²) in [5, 5.41) is 4.78. The van der Waals surface area contributed by atoms with Crippen molar-refractivity contribution in [1.82, 2.24) is 10.3 Å². The Balaban J connectivity index is 1.62. The summed E-state index contributed by atoms with van der Waals surface area (Å²) in [6, 6.07) is 8.66. The van der Waals surface area contributed by atoms with Gasteiger partial charge in [0.1, 0.15) is 5.52 Å². The van der Waals surface area contributed by atoms with Gasteiger partial charge in [-0.05, 0) is 25.0 Å². The molecule has 1 aliphatic rings. The Bertz CT molecular complexity index is 474. The number of hydrogen-bond donors (Lipinski definition) is 1. The molecule has 0 amide bonds. The Kier molecular flexibility index (Phi) is 3.07. The lowest BCUT2D eigenvalue weighted by Gasteiger charge is -2.08. The molecule has 1 saturated carbocycles. The molecule has 1 unspecified atom stereocenters. The second-order valence-corrected chi connectivity index (χ2v) is 5.95. The van der Waals surface area contributed by atoms with E-state index in [1.807, 2.05) is 24.3 Å². The Morgan fingerprint density at radius 2 is 2.29 bits per heavy atom. The second kappa shape index (κ2) is 4.70. The Labute approximate surface area is 105 Å². The van der Waals surface area contributed by atoms with E-state index in [4.69, 9.17) is 4.42 Å². The van der Waals surface area contributed by atoms with E-state index in [-0.39, 0.29) is 0 Å². The first-order chi connectivity index (χ1) is 8.31. The molecular weight excluding hydrogens is 232 g/mol. The molecular formula is C13H16N2OS. The Morgan fingerprint density at radius 1 is 1.47 bits per heavy atom. The highest BCUT2D eigenvalue weighted by atomic mass is 32.2. The molecule has 1 atom stereocenters. The van der Waals surface area contributed by atoms with Crippen LogP contribution in [-0.4, -0.2) is 22.8 Å². The average molecular weight is 248 g/mol. The van der Waals surface area contributed by atoms with E-state index in [9.17, 15) is 0 Å². The highest BCUT2D eigenvalue weighted by Gasteiger charge is 2.21. The number of rotatable bonds is 5. The zero-order valence-corrected chi connectivity index (χ0v) is 10.7. The zero-order valence-electron chi connectivity index (χ0n) is 9.85. The molecule has 0 radical (unpaired) electrons. The van der Waals surface area contributed by atoms with Gasteiger partial charge in [0.15, 0.2) is 5.58 Å². The van der Waals surface area contributed by atoms with Crippen molar-refractivity contribution in [1.29, 1.82) is 0 Å². The highest BCUT2D eigenvalue weighted by Crippen LogP contribution is 2.27. The smallest absolute Gasteiger partial charge is 0.257 e. The number of nitrogens with zero attached hydrogens (tertiary/aromatic N) is 1. The van der Waals surface area contributed by atoms with Crippen LogP contribution in [0.15, 0.2) is 33.9 Å². The first-order valence-corrected chi connectivity index (χ1v) is 6.95. The van der Waals surface area contributed by atoms with Crippen molar-refractivity contribution in [3.8, 4) is 0 Å². The summed E-state index contributed by atoms with van der Waals surface area (Å²) in [6.07, 6.45) is 2.67. The van der Waals surface area contributed by atoms with E-state index < -0.39 is 0 Å². The second-order valence-electron chi connectivity index (χ2n) is 4.56. The van der Waals surface area contributed by atoms with Gasteiger partial charge in [-0.2, -0.15) is 0 Å². The third-order valence-corrected chi connectivity index (χ3v) is 3.79. The quantitative estimate of drug-likeness (QED) is 0.825. The fourth-order valence-corrected chi connectivity index (χ4v) is 2.55. The van der Waals surface area contributed by atoms with Crippen LogP contribution in [0.2, 0.25) is 0 Å². The summed E-state index contributed by atoms with van der Waals surface area (Å²) in [7, 11) is 0. The van der Waals surface area contributed by atoms with Gasteiger partial charge in [0.2, 0.25) is 0 Å². The number of aromatic nitrogens is 1. The maximum atomic E-state index is 5.69. The summed E-state index contributed by atoms with van der Waals surface area (Å²) < 4.78 is 5.69. The van der Waals surface area contributed by atoms with E-state index in [1.165, 1.54) is 12.8 Å². The molecule has 1 aromatic heterocycles. The van der Waals surface area contributed by atoms with Gasteiger partial charge in [-0.3, -0.25) is 0 Å². The van der Waals surface area contributed by atoms with E-state index in [1.54, 1.807) is 11.8 Å². The Hall–Kier alpha value is -1.00. The van der Waals surface area contributed by atoms with Gasteiger partial charge in [0, 0.05) is 17.8 Å². The minimum atomic E-state index is 0.490. The minimum absolute atomic E-state index is 0.490. The summed E-state index contributed by atoms with van der Waals surface area (Å²) in [5.41, 5.74) is 1.81. The molecule has 0 saturated heterocycles.